The molecule has 2 aromatic heterocycles. The van der Waals surface area contributed by atoms with Crippen molar-refractivity contribution in [3.05, 3.63) is 60.3 Å². The fourth-order valence-electron chi connectivity index (χ4n) is 3.69. The first-order valence-electron chi connectivity index (χ1n) is 10.6. The van der Waals surface area contributed by atoms with E-state index in [4.69, 9.17) is 4.74 Å². The van der Waals surface area contributed by atoms with Crippen molar-refractivity contribution >= 4 is 26.7 Å². The van der Waals surface area contributed by atoms with Crippen molar-refractivity contribution in [2.45, 2.75) is 23.8 Å². The van der Waals surface area contributed by atoms with Gasteiger partial charge in [-0.2, -0.15) is 10.1 Å². The molecule has 176 valence electrons. The van der Waals surface area contributed by atoms with Crippen LogP contribution >= 0.6 is 0 Å². The Bertz CT molecular complexity index is 1440. The first-order chi connectivity index (χ1) is 16.4. The fraction of sp³-hybridized carbons (Fsp3) is 0.227. The molecule has 3 heterocycles. The Morgan fingerprint density at radius 1 is 1.09 bits per heavy atom. The number of hydrogen-bond acceptors (Lipinski definition) is 7. The molecule has 3 N–H and O–H groups in total. The summed E-state index contributed by atoms with van der Waals surface area (Å²) in [5.74, 6) is -1.13. The minimum atomic E-state index is -4.32. The van der Waals surface area contributed by atoms with E-state index in [1.165, 1.54) is 12.1 Å². The number of benzene rings is 2. The number of piperidine rings is 1. The molecule has 0 bridgehead atoms. The van der Waals surface area contributed by atoms with E-state index < -0.39 is 26.6 Å². The standard InChI is InChI=1S/C22H20F2N6O3S/c23-14-5-8-18(24)19(10-14)34(31,32)30-15-6-3-13(4-7-15)20-27-21-17(12-26-29-21)22(28-20)33-16-2-1-9-25-11-16/h3-8,10,12,16,25,30H,1-2,9,11H2,(H,26,27,28,29). The van der Waals surface area contributed by atoms with Gasteiger partial charge in [0, 0.05) is 17.8 Å². The Morgan fingerprint density at radius 2 is 1.91 bits per heavy atom. The number of aromatic amines is 1. The van der Waals surface area contributed by atoms with Crippen molar-refractivity contribution in [3.8, 4) is 17.3 Å². The summed E-state index contributed by atoms with van der Waals surface area (Å²) in [5, 5.41) is 10.8. The number of anilines is 1. The van der Waals surface area contributed by atoms with Gasteiger partial charge in [-0.05, 0) is 61.9 Å². The maximum atomic E-state index is 13.9. The number of halogens is 2. The number of fused-ring (bicyclic) bond motifs is 1. The topological polar surface area (TPSA) is 122 Å². The van der Waals surface area contributed by atoms with Crippen LogP contribution in [0.25, 0.3) is 22.4 Å². The van der Waals surface area contributed by atoms with Gasteiger partial charge in [-0.1, -0.05) is 0 Å². The van der Waals surface area contributed by atoms with Crippen molar-refractivity contribution in [2.24, 2.45) is 0 Å². The Morgan fingerprint density at radius 3 is 2.68 bits per heavy atom. The van der Waals surface area contributed by atoms with Crippen LogP contribution in [0.3, 0.4) is 0 Å². The van der Waals surface area contributed by atoms with E-state index in [2.05, 4.69) is 30.2 Å². The van der Waals surface area contributed by atoms with Gasteiger partial charge in [-0.25, -0.2) is 22.2 Å². The molecular formula is C22H20F2N6O3S. The molecule has 34 heavy (non-hydrogen) atoms. The lowest BCUT2D eigenvalue weighted by Crippen LogP contribution is -2.37. The average molecular weight is 487 g/mol. The predicted octanol–water partition coefficient (Wildman–Crippen LogP) is 3.23. The van der Waals surface area contributed by atoms with Crippen LogP contribution in [0.1, 0.15) is 12.8 Å². The lowest BCUT2D eigenvalue weighted by Gasteiger charge is -2.23. The molecule has 1 fully saturated rings. The van der Waals surface area contributed by atoms with Gasteiger partial charge in [0.25, 0.3) is 10.0 Å². The van der Waals surface area contributed by atoms with Gasteiger partial charge >= 0.3 is 0 Å². The van der Waals surface area contributed by atoms with Gasteiger partial charge in [-0.3, -0.25) is 9.82 Å². The van der Waals surface area contributed by atoms with Crippen LogP contribution in [0, 0.1) is 11.6 Å². The molecule has 0 amide bonds. The summed E-state index contributed by atoms with van der Waals surface area (Å²) in [6.45, 7) is 1.68. The van der Waals surface area contributed by atoms with Crippen molar-refractivity contribution < 1.29 is 21.9 Å². The molecule has 5 rings (SSSR count). The molecule has 9 nitrogen and oxygen atoms in total. The number of H-pyrrole nitrogens is 1. The predicted molar refractivity (Wildman–Crippen MR) is 121 cm³/mol. The van der Waals surface area contributed by atoms with Crippen LogP contribution < -0.4 is 14.8 Å². The summed E-state index contributed by atoms with van der Waals surface area (Å²) < 4.78 is 60.7. The van der Waals surface area contributed by atoms with Gasteiger partial charge in [0.1, 0.15) is 28.0 Å². The molecule has 1 saturated heterocycles. The van der Waals surface area contributed by atoms with Gasteiger partial charge < -0.3 is 10.1 Å². The number of hydrogen-bond donors (Lipinski definition) is 3. The van der Waals surface area contributed by atoms with Crippen molar-refractivity contribution in [1.82, 2.24) is 25.5 Å². The normalized spacial score (nSPS) is 16.5. The Kier molecular flexibility index (Phi) is 5.84. The molecule has 1 aliphatic rings. The first-order valence-corrected chi connectivity index (χ1v) is 12.0. The summed E-state index contributed by atoms with van der Waals surface area (Å²) in [7, 11) is -4.32. The van der Waals surface area contributed by atoms with E-state index in [9.17, 15) is 17.2 Å². The number of nitrogens with one attached hydrogen (secondary N) is 3. The molecule has 4 aromatic rings. The molecule has 0 radical (unpaired) electrons. The molecule has 0 saturated carbocycles. The van der Waals surface area contributed by atoms with Crippen molar-refractivity contribution in [3.63, 3.8) is 0 Å². The largest absolute Gasteiger partial charge is 0.472 e. The minimum absolute atomic E-state index is 0.0189. The molecule has 1 aliphatic heterocycles. The summed E-state index contributed by atoms with van der Waals surface area (Å²) in [6.07, 6.45) is 3.50. The fourth-order valence-corrected chi connectivity index (χ4v) is 4.84. The zero-order valence-corrected chi connectivity index (χ0v) is 18.6. The Labute approximate surface area is 193 Å². The second-order valence-corrected chi connectivity index (χ2v) is 9.48. The number of sulfonamides is 1. The molecule has 1 atom stereocenters. The third-order valence-electron chi connectivity index (χ3n) is 5.38. The van der Waals surface area contributed by atoms with E-state index in [1.54, 1.807) is 18.3 Å². The summed E-state index contributed by atoms with van der Waals surface area (Å²) in [5.41, 5.74) is 1.28. The molecule has 0 aliphatic carbocycles. The van der Waals surface area contributed by atoms with Crippen LogP contribution in [-0.2, 0) is 10.0 Å². The van der Waals surface area contributed by atoms with Gasteiger partial charge in [-0.15, -0.1) is 0 Å². The van der Waals surface area contributed by atoms with Gasteiger partial charge in [0.05, 0.1) is 6.20 Å². The van der Waals surface area contributed by atoms with Gasteiger partial charge in [0.2, 0.25) is 5.88 Å². The highest BCUT2D eigenvalue weighted by Gasteiger charge is 2.21. The Balaban J connectivity index is 1.41. The van der Waals surface area contributed by atoms with E-state index >= 15 is 0 Å². The SMILES string of the molecule is O=S(=O)(Nc1ccc(-c2nc(OC3CCCNC3)c3cn[nH]c3n2)cc1)c1cc(F)ccc1F. The summed E-state index contributed by atoms with van der Waals surface area (Å²) in [4.78, 5) is 8.26. The molecule has 12 heteroatoms. The molecule has 1 unspecified atom stereocenters. The van der Waals surface area contributed by atoms with Crippen molar-refractivity contribution in [1.29, 1.82) is 0 Å². The highest BCUT2D eigenvalue weighted by Crippen LogP contribution is 2.28. The van der Waals surface area contributed by atoms with E-state index in [0.29, 0.717) is 34.4 Å². The average Bonchev–Trinajstić information content (AvgIpc) is 3.31. The first kappa shape index (κ1) is 22.2. The number of nitrogens with zero attached hydrogens (tertiary/aromatic N) is 3. The van der Waals surface area contributed by atoms with Gasteiger partial charge in [0.15, 0.2) is 11.5 Å². The zero-order valence-electron chi connectivity index (χ0n) is 17.8. The third-order valence-corrected chi connectivity index (χ3v) is 6.78. The smallest absolute Gasteiger partial charge is 0.264 e. The van der Waals surface area contributed by atoms with Crippen LogP contribution in [0.15, 0.2) is 53.6 Å². The quantitative estimate of drug-likeness (QED) is 0.383. The van der Waals surface area contributed by atoms with Crippen LogP contribution in [0.5, 0.6) is 5.88 Å². The number of aromatic nitrogens is 4. The van der Waals surface area contributed by atoms with E-state index in [-0.39, 0.29) is 11.8 Å². The van der Waals surface area contributed by atoms with Crippen molar-refractivity contribution in [2.75, 3.05) is 17.8 Å². The number of ether oxygens (including phenoxy) is 1. The second kappa shape index (κ2) is 8.95. The third kappa shape index (κ3) is 4.54. The second-order valence-electron chi connectivity index (χ2n) is 7.83. The van der Waals surface area contributed by atoms with Crippen LogP contribution in [-0.4, -0.2) is 47.8 Å². The van der Waals surface area contributed by atoms with Crippen LogP contribution in [0.2, 0.25) is 0 Å². The lowest BCUT2D eigenvalue weighted by atomic mass is 10.1. The molecule has 2 aromatic carbocycles. The molecule has 0 spiro atoms. The van der Waals surface area contributed by atoms with E-state index in [1.807, 2.05) is 0 Å². The zero-order chi connectivity index (χ0) is 23.7. The summed E-state index contributed by atoms with van der Waals surface area (Å²) in [6, 6.07) is 8.43. The lowest BCUT2D eigenvalue weighted by molar-refractivity contribution is 0.163. The number of rotatable bonds is 6. The Hall–Kier alpha value is -3.64. The highest BCUT2D eigenvalue weighted by atomic mass is 32.2. The monoisotopic (exact) mass is 486 g/mol. The molecular weight excluding hydrogens is 466 g/mol. The minimum Gasteiger partial charge on any atom is -0.472 e. The van der Waals surface area contributed by atoms with E-state index in [0.717, 1.165) is 38.1 Å². The summed E-state index contributed by atoms with van der Waals surface area (Å²) >= 11 is 0. The maximum Gasteiger partial charge on any atom is 0.264 e. The van der Waals surface area contributed by atoms with Crippen LogP contribution in [0.4, 0.5) is 14.5 Å². The highest BCUT2D eigenvalue weighted by molar-refractivity contribution is 7.92. The maximum absolute atomic E-state index is 13.9.